The first-order chi connectivity index (χ1) is 15.0. The number of thiophene rings is 1. The quantitative estimate of drug-likeness (QED) is 0.555. The van der Waals surface area contributed by atoms with Crippen LogP contribution in [0.4, 0.5) is 5.69 Å². The van der Waals surface area contributed by atoms with Crippen molar-refractivity contribution in [1.82, 2.24) is 14.5 Å². The molecule has 31 heavy (non-hydrogen) atoms. The topological polar surface area (TPSA) is 88.8 Å². The van der Waals surface area contributed by atoms with Gasteiger partial charge in [-0.05, 0) is 49.2 Å². The van der Waals surface area contributed by atoms with Gasteiger partial charge < -0.3 is 14.1 Å². The zero-order valence-corrected chi connectivity index (χ0v) is 18.9. The molecule has 0 N–H and O–H groups in total. The van der Waals surface area contributed by atoms with Gasteiger partial charge in [0.15, 0.2) is 0 Å². The van der Waals surface area contributed by atoms with E-state index >= 15 is 0 Å². The van der Waals surface area contributed by atoms with Crippen molar-refractivity contribution in [3.05, 3.63) is 42.3 Å². The highest BCUT2D eigenvalue weighted by molar-refractivity contribution is 7.91. The third kappa shape index (κ3) is 3.95. The van der Waals surface area contributed by atoms with E-state index in [4.69, 9.17) is 9.15 Å². The number of hydrogen-bond donors (Lipinski definition) is 0. The Hall–Kier alpha value is -2.43. The first-order valence-corrected chi connectivity index (χ1v) is 12.6. The molecule has 164 valence electrons. The predicted molar refractivity (Wildman–Crippen MR) is 118 cm³/mol. The molecule has 5 rings (SSSR count). The molecule has 2 aliphatic rings. The van der Waals surface area contributed by atoms with Crippen molar-refractivity contribution in [3.63, 3.8) is 0 Å². The number of methoxy groups -OCH3 is 1. The first kappa shape index (κ1) is 20.5. The minimum absolute atomic E-state index is 0.309. The first-order valence-electron chi connectivity index (χ1n) is 10.4. The van der Waals surface area contributed by atoms with Crippen LogP contribution >= 0.6 is 11.3 Å². The summed E-state index contributed by atoms with van der Waals surface area (Å²) in [5, 5.41) is 8.26. The Labute approximate surface area is 185 Å². The maximum Gasteiger partial charge on any atom is 0.257 e. The number of anilines is 1. The molecule has 1 aliphatic carbocycles. The molecule has 8 nitrogen and oxygen atoms in total. The molecule has 0 unspecified atom stereocenters. The van der Waals surface area contributed by atoms with Crippen LogP contribution in [0.15, 0.2) is 45.0 Å². The Bertz CT molecular complexity index is 1140. The van der Waals surface area contributed by atoms with Gasteiger partial charge in [-0.3, -0.25) is 0 Å². The van der Waals surface area contributed by atoms with E-state index in [-0.39, 0.29) is 0 Å². The average molecular weight is 461 g/mol. The molecule has 1 saturated carbocycles. The van der Waals surface area contributed by atoms with Gasteiger partial charge >= 0.3 is 0 Å². The SMILES string of the molecule is COc1ccc(N2CCN(S(=O)(=O)c3ccc(-c4nnc(C5CCC5)o4)s3)CC2)cc1. The van der Waals surface area contributed by atoms with Gasteiger partial charge in [-0.25, -0.2) is 8.42 Å². The summed E-state index contributed by atoms with van der Waals surface area (Å²) in [6, 6.07) is 11.2. The molecule has 1 saturated heterocycles. The lowest BCUT2D eigenvalue weighted by Gasteiger charge is -2.35. The standard InChI is InChI=1S/C21H24N4O4S2/c1-28-17-7-5-16(6-8-17)24-11-13-25(14-12-24)31(26,27)19-10-9-18(30-19)21-23-22-20(29-21)15-3-2-4-15/h5-10,15H,2-4,11-14H2,1H3. The van der Waals surface area contributed by atoms with Gasteiger partial charge in [-0.15, -0.1) is 21.5 Å². The zero-order chi connectivity index (χ0) is 21.4. The van der Waals surface area contributed by atoms with Crippen LogP contribution in [0, 0.1) is 0 Å². The molecule has 1 aliphatic heterocycles. The summed E-state index contributed by atoms with van der Waals surface area (Å²) in [7, 11) is -1.91. The average Bonchev–Trinajstić information content (AvgIpc) is 3.43. The van der Waals surface area contributed by atoms with Crippen LogP contribution in [0.2, 0.25) is 0 Å². The second-order valence-corrected chi connectivity index (χ2v) is 11.0. The van der Waals surface area contributed by atoms with Gasteiger partial charge in [0, 0.05) is 37.8 Å². The Kier molecular flexibility index (Phi) is 5.45. The van der Waals surface area contributed by atoms with Crippen molar-refractivity contribution < 1.29 is 17.6 Å². The van der Waals surface area contributed by atoms with E-state index in [0.717, 1.165) is 24.3 Å². The number of benzene rings is 1. The molecular formula is C21H24N4O4S2. The van der Waals surface area contributed by atoms with Crippen molar-refractivity contribution in [2.24, 2.45) is 0 Å². The smallest absolute Gasteiger partial charge is 0.257 e. The molecule has 0 atom stereocenters. The van der Waals surface area contributed by atoms with Crippen LogP contribution < -0.4 is 9.64 Å². The van der Waals surface area contributed by atoms with Crippen molar-refractivity contribution in [2.75, 3.05) is 38.2 Å². The van der Waals surface area contributed by atoms with Gasteiger partial charge in [0.25, 0.3) is 15.9 Å². The lowest BCUT2D eigenvalue weighted by molar-refractivity contribution is 0.338. The van der Waals surface area contributed by atoms with E-state index in [2.05, 4.69) is 15.1 Å². The minimum atomic E-state index is -3.55. The van der Waals surface area contributed by atoms with Gasteiger partial charge in [-0.1, -0.05) is 6.42 Å². The fraction of sp³-hybridized carbons (Fsp3) is 0.429. The van der Waals surface area contributed by atoms with E-state index < -0.39 is 10.0 Å². The molecule has 1 aromatic carbocycles. The van der Waals surface area contributed by atoms with E-state index in [1.807, 2.05) is 24.3 Å². The Morgan fingerprint density at radius 1 is 1.03 bits per heavy atom. The minimum Gasteiger partial charge on any atom is -0.497 e. The Balaban J connectivity index is 1.26. The normalized spacial score (nSPS) is 18.2. The van der Waals surface area contributed by atoms with Crippen LogP contribution in [0.25, 0.3) is 10.8 Å². The third-order valence-electron chi connectivity index (χ3n) is 5.96. The lowest BCUT2D eigenvalue weighted by Crippen LogP contribution is -2.48. The summed E-state index contributed by atoms with van der Waals surface area (Å²) in [6.07, 6.45) is 3.35. The van der Waals surface area contributed by atoms with Gasteiger partial charge in [0.05, 0.1) is 12.0 Å². The summed E-state index contributed by atoms with van der Waals surface area (Å²) in [5.74, 6) is 2.22. The Morgan fingerprint density at radius 2 is 1.77 bits per heavy atom. The fourth-order valence-electron chi connectivity index (χ4n) is 3.83. The van der Waals surface area contributed by atoms with Crippen LogP contribution in [-0.4, -0.2) is 56.2 Å². The lowest BCUT2D eigenvalue weighted by atomic mass is 9.85. The fourth-order valence-corrected chi connectivity index (χ4v) is 6.64. The number of piperazine rings is 1. The highest BCUT2D eigenvalue weighted by Gasteiger charge is 2.31. The van der Waals surface area contributed by atoms with E-state index in [1.165, 1.54) is 17.8 Å². The molecule has 2 aromatic heterocycles. The second-order valence-electron chi connectivity index (χ2n) is 7.78. The second kappa shape index (κ2) is 8.25. The number of ether oxygens (including phenoxy) is 1. The summed E-state index contributed by atoms with van der Waals surface area (Å²) in [4.78, 5) is 2.87. The van der Waals surface area contributed by atoms with Gasteiger partial charge in [0.2, 0.25) is 5.89 Å². The number of sulfonamides is 1. The Morgan fingerprint density at radius 3 is 2.42 bits per heavy atom. The number of aromatic nitrogens is 2. The van der Waals surface area contributed by atoms with Gasteiger partial charge in [0.1, 0.15) is 9.96 Å². The number of rotatable bonds is 6. The van der Waals surface area contributed by atoms with Crippen molar-refractivity contribution >= 4 is 27.0 Å². The molecule has 3 aromatic rings. The summed E-state index contributed by atoms with van der Waals surface area (Å²) in [5.41, 5.74) is 1.06. The maximum absolute atomic E-state index is 13.2. The van der Waals surface area contributed by atoms with Crippen LogP contribution in [0.5, 0.6) is 5.75 Å². The monoisotopic (exact) mass is 460 g/mol. The van der Waals surface area contributed by atoms with E-state index in [0.29, 0.717) is 53.0 Å². The van der Waals surface area contributed by atoms with Crippen molar-refractivity contribution in [1.29, 1.82) is 0 Å². The summed E-state index contributed by atoms with van der Waals surface area (Å²) >= 11 is 1.19. The number of nitrogens with zero attached hydrogens (tertiary/aromatic N) is 4. The number of hydrogen-bond acceptors (Lipinski definition) is 8. The molecule has 0 spiro atoms. The molecule has 0 radical (unpaired) electrons. The highest BCUT2D eigenvalue weighted by Crippen LogP contribution is 2.38. The molecule has 0 amide bonds. The predicted octanol–water partition coefficient (Wildman–Crippen LogP) is 3.59. The van der Waals surface area contributed by atoms with Crippen LogP contribution in [0.3, 0.4) is 0 Å². The molecule has 0 bridgehead atoms. The largest absolute Gasteiger partial charge is 0.497 e. The van der Waals surface area contributed by atoms with Crippen LogP contribution in [-0.2, 0) is 10.0 Å². The third-order valence-corrected chi connectivity index (χ3v) is 9.40. The van der Waals surface area contributed by atoms with Crippen LogP contribution in [0.1, 0.15) is 31.1 Å². The van der Waals surface area contributed by atoms with E-state index in [9.17, 15) is 8.42 Å². The highest BCUT2D eigenvalue weighted by atomic mass is 32.2. The van der Waals surface area contributed by atoms with Gasteiger partial charge in [-0.2, -0.15) is 4.31 Å². The molecule has 10 heteroatoms. The summed E-state index contributed by atoms with van der Waals surface area (Å²) in [6.45, 7) is 2.15. The van der Waals surface area contributed by atoms with Crippen molar-refractivity contribution in [2.45, 2.75) is 29.4 Å². The molecule has 3 heterocycles. The maximum atomic E-state index is 13.2. The van der Waals surface area contributed by atoms with Crippen molar-refractivity contribution in [3.8, 4) is 16.5 Å². The molecular weight excluding hydrogens is 436 g/mol. The molecule has 2 fully saturated rings. The zero-order valence-electron chi connectivity index (χ0n) is 17.2. The van der Waals surface area contributed by atoms with E-state index in [1.54, 1.807) is 23.5 Å². The summed E-state index contributed by atoms with van der Waals surface area (Å²) < 4.78 is 39.2.